The molecule has 3 aromatic rings. The van der Waals surface area contributed by atoms with Crippen LogP contribution in [0.25, 0.3) is 0 Å². The number of carbonyl (C=O) groups is 1. The van der Waals surface area contributed by atoms with Gasteiger partial charge >= 0.3 is 0 Å². The summed E-state index contributed by atoms with van der Waals surface area (Å²) in [7, 11) is 1.67. The van der Waals surface area contributed by atoms with Crippen LogP contribution in [0.5, 0.6) is 5.75 Å². The molecule has 0 unspecified atom stereocenters. The van der Waals surface area contributed by atoms with Crippen molar-refractivity contribution < 1.29 is 9.53 Å². The van der Waals surface area contributed by atoms with Crippen molar-refractivity contribution in [3.63, 3.8) is 0 Å². The van der Waals surface area contributed by atoms with E-state index in [0.29, 0.717) is 25.4 Å². The van der Waals surface area contributed by atoms with E-state index in [1.807, 2.05) is 47.4 Å². The van der Waals surface area contributed by atoms with Crippen LogP contribution in [0.15, 0.2) is 54.6 Å². The van der Waals surface area contributed by atoms with Crippen LogP contribution in [0, 0.1) is 5.92 Å². The number of ether oxygens (including phenoxy) is 1. The van der Waals surface area contributed by atoms with Gasteiger partial charge in [0, 0.05) is 37.6 Å². The second kappa shape index (κ2) is 10.6. The number of anilines is 1. The van der Waals surface area contributed by atoms with Crippen molar-refractivity contribution >= 4 is 22.6 Å². The molecule has 1 fully saturated rings. The lowest BCUT2D eigenvalue weighted by Gasteiger charge is -2.32. The molecule has 2 aromatic carbocycles. The Balaban J connectivity index is 1.49. The minimum absolute atomic E-state index is 0.164. The predicted octanol–water partition coefficient (Wildman–Crippen LogP) is 4.40. The molecule has 7 heteroatoms. The molecule has 0 saturated carbocycles. The molecule has 0 N–H and O–H groups in total. The van der Waals surface area contributed by atoms with E-state index in [9.17, 15) is 4.79 Å². The molecule has 168 valence electrons. The summed E-state index contributed by atoms with van der Waals surface area (Å²) in [6.45, 7) is 4.89. The van der Waals surface area contributed by atoms with Crippen molar-refractivity contribution in [1.82, 2.24) is 14.3 Å². The Bertz CT molecular complexity index is 1020. The first-order valence-electron chi connectivity index (χ1n) is 11.1. The Kier molecular flexibility index (Phi) is 7.37. The summed E-state index contributed by atoms with van der Waals surface area (Å²) in [5, 5.41) is 0.783. The molecule has 0 aliphatic carbocycles. The Morgan fingerprint density at radius 1 is 1.12 bits per heavy atom. The third kappa shape index (κ3) is 5.85. The summed E-state index contributed by atoms with van der Waals surface area (Å²) >= 11 is 1.36. The van der Waals surface area contributed by atoms with E-state index in [2.05, 4.69) is 28.3 Å². The normalized spacial score (nSPS) is 14.4. The molecule has 1 saturated heterocycles. The van der Waals surface area contributed by atoms with Gasteiger partial charge in [-0.2, -0.15) is 4.37 Å². The highest BCUT2D eigenvalue weighted by Crippen LogP contribution is 2.23. The molecule has 1 amide bonds. The highest BCUT2D eigenvalue weighted by Gasteiger charge is 2.24. The molecular formula is C25H30N4O2S. The van der Waals surface area contributed by atoms with Crippen LogP contribution in [0.2, 0.25) is 0 Å². The second-order valence-electron chi connectivity index (χ2n) is 8.43. The number of likely N-dealkylation sites (tertiary alicyclic amines) is 1. The summed E-state index contributed by atoms with van der Waals surface area (Å²) in [5.74, 6) is 2.44. The summed E-state index contributed by atoms with van der Waals surface area (Å²) in [6.07, 6.45) is 2.78. The van der Waals surface area contributed by atoms with Gasteiger partial charge in [0.25, 0.3) is 0 Å². The van der Waals surface area contributed by atoms with E-state index in [1.54, 1.807) is 7.11 Å². The number of carbonyl (C=O) groups excluding carboxylic acids is 1. The maximum Gasteiger partial charge on any atom is 0.242 e. The predicted molar refractivity (Wildman–Crippen MR) is 128 cm³/mol. The number of nitrogens with zero attached hydrogens (tertiary/aromatic N) is 4. The van der Waals surface area contributed by atoms with E-state index >= 15 is 0 Å². The van der Waals surface area contributed by atoms with Gasteiger partial charge in [-0.15, -0.1) is 0 Å². The van der Waals surface area contributed by atoms with Crippen LogP contribution < -0.4 is 9.64 Å². The van der Waals surface area contributed by atoms with Crippen molar-refractivity contribution in [1.29, 1.82) is 0 Å². The summed E-state index contributed by atoms with van der Waals surface area (Å²) in [4.78, 5) is 21.9. The fourth-order valence-corrected chi connectivity index (χ4v) is 4.61. The topological polar surface area (TPSA) is 58.6 Å². The van der Waals surface area contributed by atoms with E-state index < -0.39 is 0 Å². The van der Waals surface area contributed by atoms with Gasteiger partial charge in [0.2, 0.25) is 11.0 Å². The number of hydrogen-bond donors (Lipinski definition) is 0. The average Bonchev–Trinajstić information content (AvgIpc) is 3.28. The molecule has 6 nitrogen and oxygen atoms in total. The van der Waals surface area contributed by atoms with Gasteiger partial charge in [-0.3, -0.25) is 4.79 Å². The zero-order valence-corrected chi connectivity index (χ0v) is 19.6. The average molecular weight is 451 g/mol. The number of benzene rings is 2. The maximum atomic E-state index is 13.1. The molecule has 2 heterocycles. The molecule has 1 aliphatic rings. The fourth-order valence-electron chi connectivity index (χ4n) is 3.93. The van der Waals surface area contributed by atoms with Crippen molar-refractivity contribution in [2.45, 2.75) is 32.7 Å². The first kappa shape index (κ1) is 22.3. The van der Waals surface area contributed by atoms with Crippen LogP contribution in [0.1, 0.15) is 36.7 Å². The highest BCUT2D eigenvalue weighted by atomic mass is 32.1. The minimum atomic E-state index is 0.164. The van der Waals surface area contributed by atoms with Gasteiger partial charge < -0.3 is 14.5 Å². The van der Waals surface area contributed by atoms with Crippen LogP contribution in [0.4, 0.5) is 5.13 Å². The smallest absolute Gasteiger partial charge is 0.242 e. The zero-order valence-electron chi connectivity index (χ0n) is 18.7. The SMILES string of the molecule is COc1cccc(Cc2nsc(N(CC(=O)N3CCC(C)CC3)Cc3ccccc3)n2)c1. The van der Waals surface area contributed by atoms with Crippen molar-refractivity contribution in [2.24, 2.45) is 5.92 Å². The van der Waals surface area contributed by atoms with E-state index in [0.717, 1.165) is 53.8 Å². The summed E-state index contributed by atoms with van der Waals surface area (Å²) in [5.41, 5.74) is 2.25. The Morgan fingerprint density at radius 3 is 2.62 bits per heavy atom. The lowest BCUT2D eigenvalue weighted by atomic mass is 9.99. The van der Waals surface area contributed by atoms with Gasteiger partial charge in [-0.25, -0.2) is 4.98 Å². The molecule has 1 aromatic heterocycles. The number of hydrogen-bond acceptors (Lipinski definition) is 6. The van der Waals surface area contributed by atoms with Gasteiger partial charge in [0.1, 0.15) is 11.6 Å². The monoisotopic (exact) mass is 450 g/mol. The standard InChI is InChI=1S/C25H30N4O2S/c1-19-11-13-28(14-12-19)24(30)18-29(17-20-7-4-3-5-8-20)25-26-23(27-32-25)16-21-9-6-10-22(15-21)31-2/h3-10,15,19H,11-14,16-18H2,1-2H3. The molecule has 32 heavy (non-hydrogen) atoms. The van der Waals surface area contributed by atoms with E-state index in [-0.39, 0.29) is 5.91 Å². The largest absolute Gasteiger partial charge is 0.497 e. The lowest BCUT2D eigenvalue weighted by molar-refractivity contribution is -0.131. The van der Waals surface area contributed by atoms with Crippen LogP contribution in [-0.2, 0) is 17.8 Å². The van der Waals surface area contributed by atoms with Crippen LogP contribution >= 0.6 is 11.5 Å². The highest BCUT2D eigenvalue weighted by molar-refractivity contribution is 7.09. The number of methoxy groups -OCH3 is 1. The van der Waals surface area contributed by atoms with Crippen molar-refractivity contribution in [3.05, 3.63) is 71.5 Å². The summed E-state index contributed by atoms with van der Waals surface area (Å²) in [6, 6.07) is 18.2. The fraction of sp³-hybridized carbons (Fsp3) is 0.400. The molecule has 0 spiro atoms. The van der Waals surface area contributed by atoms with Gasteiger partial charge in [-0.05, 0) is 42.0 Å². The Hall–Kier alpha value is -2.93. The quantitative estimate of drug-likeness (QED) is 0.509. The third-order valence-electron chi connectivity index (χ3n) is 5.90. The van der Waals surface area contributed by atoms with Crippen molar-refractivity contribution in [3.8, 4) is 5.75 Å². The number of amides is 1. The molecule has 0 bridgehead atoms. The molecule has 4 rings (SSSR count). The molecular weight excluding hydrogens is 420 g/mol. The van der Waals surface area contributed by atoms with E-state index in [1.165, 1.54) is 11.5 Å². The lowest BCUT2D eigenvalue weighted by Crippen LogP contribution is -2.43. The van der Waals surface area contributed by atoms with Crippen LogP contribution in [0.3, 0.4) is 0 Å². The Labute approximate surface area is 194 Å². The van der Waals surface area contributed by atoms with Crippen LogP contribution in [-0.4, -0.2) is 46.9 Å². The molecule has 1 aliphatic heterocycles. The molecule has 0 atom stereocenters. The van der Waals surface area contributed by atoms with E-state index in [4.69, 9.17) is 9.72 Å². The second-order valence-corrected chi connectivity index (χ2v) is 9.16. The zero-order chi connectivity index (χ0) is 22.3. The summed E-state index contributed by atoms with van der Waals surface area (Å²) < 4.78 is 9.90. The number of rotatable bonds is 8. The first-order valence-corrected chi connectivity index (χ1v) is 11.9. The van der Waals surface area contributed by atoms with Crippen molar-refractivity contribution in [2.75, 3.05) is 31.6 Å². The van der Waals surface area contributed by atoms with Gasteiger partial charge in [0.15, 0.2) is 0 Å². The first-order chi connectivity index (χ1) is 15.6. The number of piperidine rings is 1. The minimum Gasteiger partial charge on any atom is -0.497 e. The maximum absolute atomic E-state index is 13.1. The van der Waals surface area contributed by atoms with Gasteiger partial charge in [0.05, 0.1) is 13.7 Å². The van der Waals surface area contributed by atoms with Gasteiger partial charge in [-0.1, -0.05) is 49.4 Å². The third-order valence-corrected chi connectivity index (χ3v) is 6.72. The number of aromatic nitrogens is 2. The molecule has 0 radical (unpaired) electrons. The Morgan fingerprint density at radius 2 is 1.88 bits per heavy atom.